The zero-order chi connectivity index (χ0) is 38.7. The lowest BCUT2D eigenvalue weighted by molar-refractivity contribution is 0.472. The number of aromatic hydroxyl groups is 1. The molecule has 1 N–H and O–H groups in total. The van der Waals surface area contributed by atoms with Gasteiger partial charge in [0.2, 0.25) is 0 Å². The van der Waals surface area contributed by atoms with E-state index < -0.39 is 18.1 Å². The second-order valence-electron chi connectivity index (χ2n) is 12.9. The Hall–Kier alpha value is -6.26. The van der Waals surface area contributed by atoms with Crippen LogP contribution < -0.4 is 0 Å². The van der Waals surface area contributed by atoms with E-state index in [4.69, 9.17) is 16.8 Å². The van der Waals surface area contributed by atoms with Gasteiger partial charge in [0.05, 0.1) is 29.1 Å². The zero-order valence-electron chi connectivity index (χ0n) is 33.3. The fourth-order valence-corrected chi connectivity index (χ4v) is 6.58. The Balaban J connectivity index is 1.42. The van der Waals surface area contributed by atoms with E-state index in [9.17, 15) is 5.11 Å². The summed E-state index contributed by atoms with van der Waals surface area (Å²) in [6.45, 7) is 7.85. The van der Waals surface area contributed by atoms with Gasteiger partial charge in [-0.3, -0.25) is 9.55 Å². The molecule has 0 unspecified atom stereocenters. The number of fused-ring (bicyclic) bond motifs is 1. The number of para-hydroxylation sites is 2. The first-order valence-corrected chi connectivity index (χ1v) is 16.5. The van der Waals surface area contributed by atoms with Gasteiger partial charge in [0.25, 0.3) is 0 Å². The van der Waals surface area contributed by atoms with Crippen LogP contribution in [0.2, 0.25) is 0 Å². The Labute approximate surface area is 300 Å². The first-order valence-electron chi connectivity index (χ1n) is 19.0. The lowest BCUT2D eigenvalue weighted by Crippen LogP contribution is -1.98. The van der Waals surface area contributed by atoms with Gasteiger partial charge in [-0.05, 0) is 121 Å². The number of rotatable bonds is 6. The SMILES string of the molecule is [2H]c1c([2H])c([2H])c(-n2c(-c3cc(C)cc(C)c3O)nc3c(-c4cc(-c5ccc(C)cc5)cc(-c5cc(-c6ccc(C)cc6)ccn5)c4)cccc32)c([2H])c1[2H]. The maximum atomic E-state index is 11.5. The first-order chi connectivity index (χ1) is 26.4. The van der Waals surface area contributed by atoms with E-state index in [-0.39, 0.29) is 29.3 Å². The van der Waals surface area contributed by atoms with Gasteiger partial charge < -0.3 is 5.11 Å². The van der Waals surface area contributed by atoms with Crippen molar-refractivity contribution >= 4 is 11.0 Å². The summed E-state index contributed by atoms with van der Waals surface area (Å²) in [6.07, 6.45) is 1.83. The van der Waals surface area contributed by atoms with Gasteiger partial charge >= 0.3 is 0 Å². The van der Waals surface area contributed by atoms with E-state index >= 15 is 0 Å². The molecule has 8 rings (SSSR count). The molecule has 0 saturated carbocycles. The first kappa shape index (κ1) is 25.7. The molecule has 0 aliphatic rings. The van der Waals surface area contributed by atoms with Gasteiger partial charge in [-0.25, -0.2) is 4.98 Å². The number of benzene rings is 6. The summed E-state index contributed by atoms with van der Waals surface area (Å²) in [4.78, 5) is 10.00. The van der Waals surface area contributed by atoms with Crippen LogP contribution in [0.1, 0.15) is 29.1 Å². The van der Waals surface area contributed by atoms with E-state index in [1.807, 2.05) is 43.5 Å². The average molecular weight is 653 g/mol. The van der Waals surface area contributed by atoms with Gasteiger partial charge in [-0.2, -0.15) is 0 Å². The van der Waals surface area contributed by atoms with Crippen molar-refractivity contribution in [2.24, 2.45) is 0 Å². The van der Waals surface area contributed by atoms with Crippen molar-refractivity contribution < 1.29 is 12.0 Å². The molecule has 0 bridgehead atoms. The highest BCUT2D eigenvalue weighted by Crippen LogP contribution is 2.41. The van der Waals surface area contributed by atoms with Crippen molar-refractivity contribution in [1.82, 2.24) is 14.5 Å². The number of aromatic nitrogens is 3. The van der Waals surface area contributed by atoms with Crippen LogP contribution in [0.25, 0.3) is 72.7 Å². The highest BCUT2D eigenvalue weighted by Gasteiger charge is 2.21. The van der Waals surface area contributed by atoms with Crippen molar-refractivity contribution in [3.05, 3.63) is 168 Å². The summed E-state index contributed by atoms with van der Waals surface area (Å²) in [5.74, 6) is 0.256. The molecule has 0 fully saturated rings. The molecule has 0 atom stereocenters. The maximum Gasteiger partial charge on any atom is 0.149 e. The smallest absolute Gasteiger partial charge is 0.149 e. The van der Waals surface area contributed by atoms with E-state index in [0.29, 0.717) is 22.2 Å². The molecule has 4 nitrogen and oxygen atoms in total. The van der Waals surface area contributed by atoms with Crippen LogP contribution in [-0.4, -0.2) is 19.6 Å². The minimum absolute atomic E-state index is 0.000685. The van der Waals surface area contributed by atoms with Gasteiger partial charge in [-0.1, -0.05) is 96.0 Å². The Morgan fingerprint density at radius 3 is 1.96 bits per heavy atom. The van der Waals surface area contributed by atoms with Gasteiger partial charge in [0, 0.05) is 23.0 Å². The standard InChI is InChI=1S/C46H37N3O/c1-29-13-17-33(18-14-29)35-21-22-47-42(28-35)38-26-36(34-19-15-30(2)16-20-34)25-37(27-38)40-11-8-12-43-44(40)48-46(49(43)39-9-6-5-7-10-39)41-24-31(3)23-32(4)45(41)50/h5-28,50H,1-4H3/i5D,6D,7D,9D,10D. The zero-order valence-corrected chi connectivity index (χ0v) is 28.3. The third-order valence-electron chi connectivity index (χ3n) is 9.15. The van der Waals surface area contributed by atoms with Crippen molar-refractivity contribution in [3.63, 3.8) is 0 Å². The van der Waals surface area contributed by atoms with Crippen LogP contribution in [0.4, 0.5) is 0 Å². The predicted molar refractivity (Wildman–Crippen MR) is 207 cm³/mol. The van der Waals surface area contributed by atoms with Crippen molar-refractivity contribution in [3.8, 4) is 67.5 Å². The molecule has 2 aromatic heterocycles. The number of hydrogen-bond acceptors (Lipinski definition) is 3. The summed E-state index contributed by atoms with van der Waals surface area (Å²) in [7, 11) is 0. The molecule has 0 saturated heterocycles. The fourth-order valence-electron chi connectivity index (χ4n) is 6.58. The number of aryl methyl sites for hydroxylation is 4. The molecule has 0 aliphatic heterocycles. The maximum absolute atomic E-state index is 11.5. The van der Waals surface area contributed by atoms with Crippen LogP contribution >= 0.6 is 0 Å². The van der Waals surface area contributed by atoms with Crippen molar-refractivity contribution in [2.75, 3.05) is 0 Å². The summed E-state index contributed by atoms with van der Waals surface area (Å²) in [5.41, 5.74) is 12.7. The molecule has 0 spiro atoms. The van der Waals surface area contributed by atoms with Gasteiger partial charge in [0.15, 0.2) is 0 Å². The molecule has 0 aliphatic carbocycles. The molecule has 6 aromatic carbocycles. The second-order valence-corrected chi connectivity index (χ2v) is 12.9. The molecule has 242 valence electrons. The fraction of sp³-hybridized carbons (Fsp3) is 0.0870. The van der Waals surface area contributed by atoms with Crippen LogP contribution in [0.15, 0.2) is 146 Å². The van der Waals surface area contributed by atoms with Gasteiger partial charge in [0.1, 0.15) is 11.6 Å². The Kier molecular flexibility index (Phi) is 6.50. The van der Waals surface area contributed by atoms with Crippen molar-refractivity contribution in [2.45, 2.75) is 27.7 Å². The van der Waals surface area contributed by atoms with E-state index in [0.717, 1.165) is 55.8 Å². The third kappa shape index (κ3) is 5.75. The topological polar surface area (TPSA) is 50.9 Å². The Morgan fingerprint density at radius 1 is 0.580 bits per heavy atom. The Bertz CT molecular complexity index is 2780. The van der Waals surface area contributed by atoms with Crippen LogP contribution in [0.5, 0.6) is 5.75 Å². The molecule has 0 amide bonds. The quantitative estimate of drug-likeness (QED) is 0.194. The number of imidazole rings is 1. The number of phenolic OH excluding ortho intramolecular Hbond substituents is 1. The van der Waals surface area contributed by atoms with Gasteiger partial charge in [-0.15, -0.1) is 0 Å². The molecule has 2 heterocycles. The molecule has 8 aromatic rings. The highest BCUT2D eigenvalue weighted by molar-refractivity contribution is 5.97. The van der Waals surface area contributed by atoms with E-state index in [1.165, 1.54) is 5.56 Å². The minimum Gasteiger partial charge on any atom is -0.507 e. The number of hydrogen-bond donors (Lipinski definition) is 1. The second kappa shape index (κ2) is 12.6. The monoisotopic (exact) mass is 652 g/mol. The molecule has 0 radical (unpaired) electrons. The summed E-state index contributed by atoms with van der Waals surface area (Å²) in [6, 6.07) is 34.4. The number of nitrogens with zero attached hydrogens (tertiary/aromatic N) is 3. The lowest BCUT2D eigenvalue weighted by atomic mass is 9.93. The summed E-state index contributed by atoms with van der Waals surface area (Å²) >= 11 is 0. The van der Waals surface area contributed by atoms with E-state index in [2.05, 4.69) is 86.6 Å². The molecular formula is C46H37N3O. The normalized spacial score (nSPS) is 12.7. The van der Waals surface area contributed by atoms with Crippen LogP contribution in [-0.2, 0) is 0 Å². The van der Waals surface area contributed by atoms with Crippen LogP contribution in [0.3, 0.4) is 0 Å². The van der Waals surface area contributed by atoms with E-state index in [1.54, 1.807) is 17.6 Å². The molecule has 4 heteroatoms. The number of phenols is 1. The molecule has 50 heavy (non-hydrogen) atoms. The minimum atomic E-state index is -0.486. The predicted octanol–water partition coefficient (Wildman–Crippen LogP) is 11.7. The van der Waals surface area contributed by atoms with Crippen molar-refractivity contribution in [1.29, 1.82) is 0 Å². The largest absolute Gasteiger partial charge is 0.507 e. The third-order valence-corrected chi connectivity index (χ3v) is 9.15. The summed E-state index contributed by atoms with van der Waals surface area (Å²) < 4.78 is 44.8. The molecular weight excluding hydrogens is 611 g/mol. The number of pyridine rings is 1. The lowest BCUT2D eigenvalue weighted by Gasteiger charge is -2.13. The van der Waals surface area contributed by atoms with Crippen LogP contribution in [0, 0.1) is 27.7 Å². The average Bonchev–Trinajstić information content (AvgIpc) is 3.57. The summed E-state index contributed by atoms with van der Waals surface area (Å²) in [5, 5.41) is 11.5. The highest BCUT2D eigenvalue weighted by atomic mass is 16.3. The Morgan fingerprint density at radius 2 is 1.24 bits per heavy atom.